The molecule has 2 heterocycles. The molecule has 0 N–H and O–H groups in total. The van der Waals surface area contributed by atoms with Crippen molar-refractivity contribution in [2.24, 2.45) is 11.8 Å². The first-order valence-corrected chi connectivity index (χ1v) is 9.59. The Morgan fingerprint density at radius 3 is 2.17 bits per heavy atom. The Labute approximate surface area is 140 Å². The van der Waals surface area contributed by atoms with Crippen LogP contribution in [0.1, 0.15) is 72.1 Å². The van der Waals surface area contributed by atoms with Crippen molar-refractivity contribution in [3.63, 3.8) is 0 Å². The molecule has 0 spiro atoms. The van der Waals surface area contributed by atoms with Crippen LogP contribution in [-0.4, -0.2) is 46.3 Å². The van der Waals surface area contributed by atoms with Crippen molar-refractivity contribution >= 4 is 11.8 Å². The number of amides is 2. The average molecular weight is 320 g/mol. The fourth-order valence-electron chi connectivity index (χ4n) is 4.87. The van der Waals surface area contributed by atoms with Crippen LogP contribution in [0.2, 0.25) is 0 Å². The van der Waals surface area contributed by atoms with Crippen LogP contribution >= 0.6 is 0 Å². The van der Waals surface area contributed by atoms with Crippen molar-refractivity contribution in [3.05, 3.63) is 0 Å². The zero-order valence-corrected chi connectivity index (χ0v) is 15.0. The fraction of sp³-hybridized carbons (Fsp3) is 0.895. The van der Waals surface area contributed by atoms with Crippen LogP contribution in [-0.2, 0) is 9.59 Å². The summed E-state index contributed by atoms with van der Waals surface area (Å²) in [4.78, 5) is 29.6. The highest BCUT2D eigenvalue weighted by Crippen LogP contribution is 2.33. The molecule has 0 aromatic carbocycles. The van der Waals surface area contributed by atoms with Crippen molar-refractivity contribution in [1.29, 1.82) is 0 Å². The minimum Gasteiger partial charge on any atom is -0.339 e. The second kappa shape index (κ2) is 6.82. The standard InChI is InChI=1S/C19H32N2O2/c1-13-7-9-17(10-8-13)20-12-16(11-18(20)22)19(23)21-14(2)5-4-6-15(21)3/h13-17H,4-12H2,1-3H3/t13?,14-,15-,16+,17?/m0/s1. The van der Waals surface area contributed by atoms with E-state index in [0.717, 1.165) is 31.6 Å². The zero-order chi connectivity index (χ0) is 16.6. The highest BCUT2D eigenvalue weighted by atomic mass is 16.2. The van der Waals surface area contributed by atoms with E-state index in [1.54, 1.807) is 0 Å². The number of carbonyl (C=O) groups excluding carboxylic acids is 2. The van der Waals surface area contributed by atoms with Gasteiger partial charge in [-0.3, -0.25) is 9.59 Å². The van der Waals surface area contributed by atoms with Crippen LogP contribution in [0, 0.1) is 11.8 Å². The maximum Gasteiger partial charge on any atom is 0.228 e. The van der Waals surface area contributed by atoms with E-state index < -0.39 is 0 Å². The van der Waals surface area contributed by atoms with Crippen LogP contribution in [0.15, 0.2) is 0 Å². The highest BCUT2D eigenvalue weighted by Gasteiger charge is 2.42. The molecular formula is C19H32N2O2. The molecule has 3 atom stereocenters. The van der Waals surface area contributed by atoms with Crippen molar-refractivity contribution < 1.29 is 9.59 Å². The van der Waals surface area contributed by atoms with Crippen molar-refractivity contribution in [2.75, 3.05) is 6.54 Å². The summed E-state index contributed by atoms with van der Waals surface area (Å²) in [6.07, 6.45) is 8.50. The second-order valence-corrected chi connectivity index (χ2v) is 8.24. The summed E-state index contributed by atoms with van der Waals surface area (Å²) in [6.45, 7) is 7.27. The van der Waals surface area contributed by atoms with Crippen LogP contribution in [0.25, 0.3) is 0 Å². The zero-order valence-electron chi connectivity index (χ0n) is 15.0. The summed E-state index contributed by atoms with van der Waals surface area (Å²) in [5, 5.41) is 0. The normalized spacial score (nSPS) is 38.9. The van der Waals surface area contributed by atoms with Crippen molar-refractivity contribution in [1.82, 2.24) is 9.80 Å². The molecule has 2 saturated heterocycles. The smallest absolute Gasteiger partial charge is 0.228 e. The van der Waals surface area contributed by atoms with E-state index in [0.29, 0.717) is 31.1 Å². The molecule has 2 amide bonds. The Bertz CT molecular complexity index is 446. The van der Waals surface area contributed by atoms with Crippen LogP contribution < -0.4 is 0 Å². The third-order valence-corrected chi connectivity index (χ3v) is 6.38. The van der Waals surface area contributed by atoms with Gasteiger partial charge in [-0.05, 0) is 64.7 Å². The van der Waals surface area contributed by atoms with Gasteiger partial charge in [0.2, 0.25) is 11.8 Å². The van der Waals surface area contributed by atoms with Gasteiger partial charge in [-0.1, -0.05) is 6.92 Å². The largest absolute Gasteiger partial charge is 0.339 e. The summed E-state index contributed by atoms with van der Waals surface area (Å²) in [5.74, 6) is 1.12. The number of piperidine rings is 1. The van der Waals surface area contributed by atoms with Gasteiger partial charge in [0.15, 0.2) is 0 Å². The van der Waals surface area contributed by atoms with E-state index in [1.807, 2.05) is 4.90 Å². The molecule has 3 fully saturated rings. The lowest BCUT2D eigenvalue weighted by Gasteiger charge is -2.40. The average Bonchev–Trinajstić information content (AvgIpc) is 2.90. The summed E-state index contributed by atoms with van der Waals surface area (Å²) < 4.78 is 0. The third kappa shape index (κ3) is 3.41. The van der Waals surface area contributed by atoms with Gasteiger partial charge in [-0.2, -0.15) is 0 Å². The Morgan fingerprint density at radius 1 is 0.957 bits per heavy atom. The van der Waals surface area contributed by atoms with Gasteiger partial charge >= 0.3 is 0 Å². The van der Waals surface area contributed by atoms with E-state index in [1.165, 1.54) is 19.3 Å². The number of rotatable bonds is 2. The van der Waals surface area contributed by atoms with E-state index in [2.05, 4.69) is 25.7 Å². The number of nitrogens with zero attached hydrogens (tertiary/aromatic N) is 2. The molecule has 1 saturated carbocycles. The Morgan fingerprint density at radius 2 is 1.57 bits per heavy atom. The molecule has 2 aliphatic heterocycles. The van der Waals surface area contributed by atoms with E-state index in [9.17, 15) is 9.59 Å². The predicted molar refractivity (Wildman–Crippen MR) is 90.9 cm³/mol. The topological polar surface area (TPSA) is 40.6 Å². The lowest BCUT2D eigenvalue weighted by atomic mass is 9.86. The van der Waals surface area contributed by atoms with Gasteiger partial charge in [0.05, 0.1) is 5.92 Å². The molecule has 4 nitrogen and oxygen atoms in total. The first-order valence-electron chi connectivity index (χ1n) is 9.59. The molecule has 0 radical (unpaired) electrons. The predicted octanol–water partition coefficient (Wildman–Crippen LogP) is 3.20. The van der Waals surface area contributed by atoms with Gasteiger partial charge < -0.3 is 9.80 Å². The minimum atomic E-state index is -0.107. The molecule has 3 rings (SSSR count). The first kappa shape index (κ1) is 16.8. The molecular weight excluding hydrogens is 288 g/mol. The van der Waals surface area contributed by atoms with Crippen molar-refractivity contribution in [2.45, 2.75) is 90.3 Å². The molecule has 0 aromatic rings. The van der Waals surface area contributed by atoms with Crippen molar-refractivity contribution in [3.8, 4) is 0 Å². The van der Waals surface area contributed by atoms with Crippen LogP contribution in [0.5, 0.6) is 0 Å². The van der Waals surface area contributed by atoms with E-state index in [4.69, 9.17) is 0 Å². The Balaban J connectivity index is 1.63. The summed E-state index contributed by atoms with van der Waals surface area (Å²) in [5.41, 5.74) is 0. The Hall–Kier alpha value is -1.06. The monoisotopic (exact) mass is 320 g/mol. The SMILES string of the molecule is CC1CCC(N2C[C@H](C(=O)N3[C@@H](C)CCC[C@@H]3C)CC2=O)CC1. The van der Waals surface area contributed by atoms with E-state index >= 15 is 0 Å². The molecule has 0 aromatic heterocycles. The molecule has 130 valence electrons. The van der Waals surface area contributed by atoms with E-state index in [-0.39, 0.29) is 17.7 Å². The lowest BCUT2D eigenvalue weighted by Crippen LogP contribution is -2.50. The summed E-state index contributed by atoms with van der Waals surface area (Å²) >= 11 is 0. The van der Waals surface area contributed by atoms with Gasteiger partial charge in [0.1, 0.15) is 0 Å². The maximum absolute atomic E-state index is 13.0. The van der Waals surface area contributed by atoms with Gasteiger partial charge in [-0.15, -0.1) is 0 Å². The Kier molecular flexibility index (Phi) is 4.98. The number of hydrogen-bond donors (Lipinski definition) is 0. The fourth-order valence-corrected chi connectivity index (χ4v) is 4.87. The van der Waals surface area contributed by atoms with Gasteiger partial charge in [0, 0.05) is 31.1 Å². The van der Waals surface area contributed by atoms with Crippen LogP contribution in [0.4, 0.5) is 0 Å². The molecule has 3 aliphatic rings. The minimum absolute atomic E-state index is 0.107. The lowest BCUT2D eigenvalue weighted by molar-refractivity contribution is -0.141. The highest BCUT2D eigenvalue weighted by molar-refractivity contribution is 5.89. The maximum atomic E-state index is 13.0. The molecule has 23 heavy (non-hydrogen) atoms. The third-order valence-electron chi connectivity index (χ3n) is 6.38. The first-order chi connectivity index (χ1) is 11.0. The molecule has 0 unspecified atom stereocenters. The molecule has 4 heteroatoms. The molecule has 0 bridgehead atoms. The summed E-state index contributed by atoms with van der Waals surface area (Å²) in [6, 6.07) is 1.03. The number of likely N-dealkylation sites (tertiary alicyclic amines) is 2. The summed E-state index contributed by atoms with van der Waals surface area (Å²) in [7, 11) is 0. The number of carbonyl (C=O) groups is 2. The second-order valence-electron chi connectivity index (χ2n) is 8.24. The van der Waals surface area contributed by atoms with Gasteiger partial charge in [-0.25, -0.2) is 0 Å². The quantitative estimate of drug-likeness (QED) is 0.784. The number of hydrogen-bond acceptors (Lipinski definition) is 2. The van der Waals surface area contributed by atoms with Gasteiger partial charge in [0.25, 0.3) is 0 Å². The molecule has 1 aliphatic carbocycles. The van der Waals surface area contributed by atoms with Crippen LogP contribution in [0.3, 0.4) is 0 Å².